The van der Waals surface area contributed by atoms with Gasteiger partial charge in [0.15, 0.2) is 0 Å². The van der Waals surface area contributed by atoms with Gasteiger partial charge in [0.25, 0.3) is 0 Å². The lowest BCUT2D eigenvalue weighted by Crippen LogP contribution is -2.44. The van der Waals surface area contributed by atoms with Gasteiger partial charge in [-0.05, 0) is 30.9 Å². The van der Waals surface area contributed by atoms with Gasteiger partial charge in [0.1, 0.15) is 0 Å². The van der Waals surface area contributed by atoms with E-state index in [0.29, 0.717) is 24.7 Å². The SMILES string of the molecule is CC(=O)N1C[C@H]2CN(C(=O)C3CC(O)C3)C[C@H]2[C@H]1c1ccccc1C. The van der Waals surface area contributed by atoms with Crippen molar-refractivity contribution in [3.8, 4) is 0 Å². The molecule has 134 valence electrons. The fraction of sp³-hybridized carbons (Fsp3) is 0.600. The highest BCUT2D eigenvalue weighted by molar-refractivity contribution is 5.80. The number of aliphatic hydroxyl groups is 1. The zero-order valence-corrected chi connectivity index (χ0v) is 14.9. The molecular weight excluding hydrogens is 316 g/mol. The molecule has 25 heavy (non-hydrogen) atoms. The molecule has 0 radical (unpaired) electrons. The van der Waals surface area contributed by atoms with E-state index >= 15 is 0 Å². The van der Waals surface area contributed by atoms with Gasteiger partial charge in [-0.25, -0.2) is 0 Å². The van der Waals surface area contributed by atoms with E-state index in [0.717, 1.165) is 19.6 Å². The third-order valence-electron chi connectivity index (χ3n) is 6.35. The molecule has 0 spiro atoms. The second-order valence-corrected chi connectivity index (χ2v) is 7.96. The van der Waals surface area contributed by atoms with E-state index in [-0.39, 0.29) is 29.9 Å². The van der Waals surface area contributed by atoms with Gasteiger partial charge >= 0.3 is 0 Å². The molecule has 1 N–H and O–H groups in total. The van der Waals surface area contributed by atoms with E-state index in [1.54, 1.807) is 6.92 Å². The summed E-state index contributed by atoms with van der Waals surface area (Å²) in [4.78, 5) is 28.8. The molecule has 5 nitrogen and oxygen atoms in total. The van der Waals surface area contributed by atoms with Crippen LogP contribution in [0.4, 0.5) is 0 Å². The quantitative estimate of drug-likeness (QED) is 0.891. The number of fused-ring (bicyclic) bond motifs is 1. The van der Waals surface area contributed by atoms with E-state index in [4.69, 9.17) is 0 Å². The number of carbonyl (C=O) groups excluding carboxylic acids is 2. The molecule has 5 heteroatoms. The minimum absolute atomic E-state index is 0.00496. The Bertz CT molecular complexity index is 698. The van der Waals surface area contributed by atoms with E-state index in [2.05, 4.69) is 19.1 Å². The average Bonchev–Trinajstić information content (AvgIpc) is 3.09. The number of carbonyl (C=O) groups is 2. The van der Waals surface area contributed by atoms with Crippen LogP contribution in [0.1, 0.15) is 36.9 Å². The van der Waals surface area contributed by atoms with Crippen LogP contribution in [-0.4, -0.2) is 52.5 Å². The molecule has 2 aliphatic heterocycles. The monoisotopic (exact) mass is 342 g/mol. The molecule has 3 atom stereocenters. The minimum atomic E-state index is -0.302. The number of nitrogens with zero attached hydrogens (tertiary/aromatic N) is 2. The Kier molecular flexibility index (Phi) is 4.07. The average molecular weight is 342 g/mol. The maximum atomic E-state index is 12.7. The maximum Gasteiger partial charge on any atom is 0.225 e. The number of aryl methyl sites for hydroxylation is 1. The van der Waals surface area contributed by atoms with Crippen LogP contribution in [0.15, 0.2) is 24.3 Å². The summed E-state index contributed by atoms with van der Waals surface area (Å²) < 4.78 is 0. The third-order valence-corrected chi connectivity index (χ3v) is 6.35. The fourth-order valence-corrected chi connectivity index (χ4v) is 4.91. The summed E-state index contributed by atoms with van der Waals surface area (Å²) in [6.07, 6.45) is 0.903. The molecule has 3 aliphatic rings. The lowest BCUT2D eigenvalue weighted by atomic mass is 9.81. The van der Waals surface area contributed by atoms with Gasteiger partial charge in [-0.2, -0.15) is 0 Å². The molecule has 1 aromatic rings. The van der Waals surface area contributed by atoms with Gasteiger partial charge in [-0.15, -0.1) is 0 Å². The number of rotatable bonds is 2. The molecule has 4 rings (SSSR count). The molecule has 1 saturated carbocycles. The van der Waals surface area contributed by atoms with Crippen molar-refractivity contribution in [2.75, 3.05) is 19.6 Å². The number of aliphatic hydroxyl groups excluding tert-OH is 1. The van der Waals surface area contributed by atoms with Gasteiger partial charge in [0.2, 0.25) is 11.8 Å². The molecule has 0 bridgehead atoms. The van der Waals surface area contributed by atoms with E-state index < -0.39 is 0 Å². The highest BCUT2D eigenvalue weighted by atomic mass is 16.3. The first kappa shape index (κ1) is 16.6. The van der Waals surface area contributed by atoms with Crippen LogP contribution in [0, 0.1) is 24.7 Å². The van der Waals surface area contributed by atoms with Crippen LogP contribution in [0.2, 0.25) is 0 Å². The van der Waals surface area contributed by atoms with Crippen LogP contribution >= 0.6 is 0 Å². The summed E-state index contributed by atoms with van der Waals surface area (Å²) in [5, 5.41) is 9.47. The number of benzene rings is 1. The van der Waals surface area contributed by atoms with Crippen molar-refractivity contribution in [3.05, 3.63) is 35.4 Å². The molecule has 2 saturated heterocycles. The summed E-state index contributed by atoms with van der Waals surface area (Å²) in [6, 6.07) is 8.32. The predicted molar refractivity (Wildman–Crippen MR) is 93.6 cm³/mol. The van der Waals surface area contributed by atoms with Crippen molar-refractivity contribution < 1.29 is 14.7 Å². The van der Waals surface area contributed by atoms with Crippen LogP contribution in [0.25, 0.3) is 0 Å². The summed E-state index contributed by atoms with van der Waals surface area (Å²) in [5.74, 6) is 0.955. The Morgan fingerprint density at radius 3 is 2.48 bits per heavy atom. The van der Waals surface area contributed by atoms with Crippen molar-refractivity contribution in [2.45, 2.75) is 38.8 Å². The van der Waals surface area contributed by atoms with Crippen LogP contribution in [-0.2, 0) is 9.59 Å². The standard InChI is InChI=1S/C20H26N2O3/c1-12-5-3-4-6-17(12)19-18-11-21(20(25)14-7-16(24)8-14)9-15(18)10-22(19)13(2)23/h3-6,14-16,18-19,24H,7-11H2,1-2H3/t14?,15-,16?,18-,19-/m1/s1. The highest BCUT2D eigenvalue weighted by Crippen LogP contribution is 2.46. The van der Waals surface area contributed by atoms with Crippen LogP contribution < -0.4 is 0 Å². The number of hydrogen-bond donors (Lipinski definition) is 1. The number of amides is 2. The Balaban J connectivity index is 1.56. The lowest BCUT2D eigenvalue weighted by molar-refractivity contribution is -0.141. The first-order valence-electron chi connectivity index (χ1n) is 9.25. The molecule has 1 aromatic carbocycles. The maximum absolute atomic E-state index is 12.7. The van der Waals surface area contributed by atoms with E-state index in [1.165, 1.54) is 11.1 Å². The number of likely N-dealkylation sites (tertiary alicyclic amines) is 2. The topological polar surface area (TPSA) is 60.9 Å². The van der Waals surface area contributed by atoms with Gasteiger partial charge in [-0.3, -0.25) is 9.59 Å². The fourth-order valence-electron chi connectivity index (χ4n) is 4.91. The Labute approximate surface area is 148 Å². The molecule has 2 amide bonds. The molecule has 0 unspecified atom stereocenters. The number of hydrogen-bond acceptors (Lipinski definition) is 3. The van der Waals surface area contributed by atoms with Gasteiger partial charge in [0.05, 0.1) is 12.1 Å². The highest BCUT2D eigenvalue weighted by Gasteiger charge is 2.50. The summed E-state index contributed by atoms with van der Waals surface area (Å²) >= 11 is 0. The van der Waals surface area contributed by atoms with Crippen molar-refractivity contribution in [1.29, 1.82) is 0 Å². The molecule has 2 heterocycles. The van der Waals surface area contributed by atoms with Gasteiger partial charge in [0, 0.05) is 44.3 Å². The predicted octanol–water partition coefficient (Wildman–Crippen LogP) is 1.74. The summed E-state index contributed by atoms with van der Waals surface area (Å²) in [7, 11) is 0. The van der Waals surface area contributed by atoms with Crippen LogP contribution in [0.5, 0.6) is 0 Å². The largest absolute Gasteiger partial charge is 0.393 e. The van der Waals surface area contributed by atoms with Crippen LogP contribution in [0.3, 0.4) is 0 Å². The molecule has 3 fully saturated rings. The first-order valence-corrected chi connectivity index (χ1v) is 9.25. The zero-order chi connectivity index (χ0) is 17.7. The van der Waals surface area contributed by atoms with Crippen molar-refractivity contribution in [1.82, 2.24) is 9.80 Å². The summed E-state index contributed by atoms with van der Waals surface area (Å²) in [5.41, 5.74) is 2.41. The summed E-state index contributed by atoms with van der Waals surface area (Å²) in [6.45, 7) is 5.93. The van der Waals surface area contributed by atoms with E-state index in [9.17, 15) is 14.7 Å². The lowest BCUT2D eigenvalue weighted by Gasteiger charge is -2.35. The Hall–Kier alpha value is -1.88. The van der Waals surface area contributed by atoms with Gasteiger partial charge < -0.3 is 14.9 Å². The molecule has 0 aromatic heterocycles. The molecule has 1 aliphatic carbocycles. The smallest absolute Gasteiger partial charge is 0.225 e. The first-order chi connectivity index (χ1) is 12.0. The Morgan fingerprint density at radius 2 is 1.84 bits per heavy atom. The van der Waals surface area contributed by atoms with Gasteiger partial charge in [-0.1, -0.05) is 24.3 Å². The Morgan fingerprint density at radius 1 is 1.12 bits per heavy atom. The zero-order valence-electron chi connectivity index (χ0n) is 14.9. The third kappa shape index (κ3) is 2.74. The second kappa shape index (κ2) is 6.13. The normalized spacial score (nSPS) is 34.0. The van der Waals surface area contributed by atoms with Crippen molar-refractivity contribution >= 4 is 11.8 Å². The van der Waals surface area contributed by atoms with Crippen molar-refractivity contribution in [3.63, 3.8) is 0 Å². The molecular formula is C20H26N2O3. The minimum Gasteiger partial charge on any atom is -0.393 e. The second-order valence-electron chi connectivity index (χ2n) is 7.96. The van der Waals surface area contributed by atoms with Crippen molar-refractivity contribution in [2.24, 2.45) is 17.8 Å². The van der Waals surface area contributed by atoms with E-state index in [1.807, 2.05) is 21.9 Å².